The van der Waals surface area contributed by atoms with Crippen LogP contribution in [0.5, 0.6) is 0 Å². The highest BCUT2D eigenvalue weighted by Gasteiger charge is 2.19. The molecule has 0 bridgehead atoms. The van der Waals surface area contributed by atoms with Gasteiger partial charge >= 0.3 is 0 Å². The Bertz CT molecular complexity index is 458. The van der Waals surface area contributed by atoms with Crippen molar-refractivity contribution < 1.29 is 9.53 Å². The Kier molecular flexibility index (Phi) is 6.21. The maximum absolute atomic E-state index is 11.9. The highest BCUT2D eigenvalue weighted by Crippen LogP contribution is 2.26. The molecule has 0 radical (unpaired) electrons. The fourth-order valence-corrected chi connectivity index (χ4v) is 2.81. The molecule has 1 unspecified atom stereocenters. The van der Waals surface area contributed by atoms with Crippen LogP contribution in [-0.4, -0.2) is 43.6 Å². The Morgan fingerprint density at radius 3 is 2.86 bits per heavy atom. The van der Waals surface area contributed by atoms with Crippen LogP contribution in [0.3, 0.4) is 0 Å². The maximum atomic E-state index is 11.9. The van der Waals surface area contributed by atoms with E-state index in [2.05, 4.69) is 29.6 Å². The molecule has 0 saturated heterocycles. The van der Waals surface area contributed by atoms with Crippen LogP contribution in [0.15, 0.2) is 24.3 Å². The van der Waals surface area contributed by atoms with Gasteiger partial charge in [-0.05, 0) is 31.4 Å². The Hall–Kier alpha value is -1.39. The summed E-state index contributed by atoms with van der Waals surface area (Å²) in [5.41, 5.74) is 2.67. The van der Waals surface area contributed by atoms with Gasteiger partial charge in [-0.2, -0.15) is 0 Å². The Balaban J connectivity index is 1.76. The number of rotatable bonds is 7. The highest BCUT2D eigenvalue weighted by atomic mass is 16.5. The van der Waals surface area contributed by atoms with E-state index in [0.717, 1.165) is 32.7 Å². The number of benzene rings is 1. The zero-order valence-electron chi connectivity index (χ0n) is 13.1. The Labute approximate surface area is 127 Å². The molecule has 1 aliphatic heterocycles. The molecular formula is C17H26N2O2. The molecule has 116 valence electrons. The van der Waals surface area contributed by atoms with Crippen molar-refractivity contribution in [1.82, 2.24) is 10.2 Å². The molecule has 0 spiro atoms. The van der Waals surface area contributed by atoms with E-state index in [0.29, 0.717) is 13.0 Å². The molecule has 0 aliphatic carbocycles. The predicted molar refractivity (Wildman–Crippen MR) is 84.3 cm³/mol. The molecule has 0 saturated carbocycles. The normalized spacial score (nSPS) is 17.3. The minimum atomic E-state index is 0.110. The third-order valence-corrected chi connectivity index (χ3v) is 4.05. The van der Waals surface area contributed by atoms with Gasteiger partial charge in [0.15, 0.2) is 0 Å². The van der Waals surface area contributed by atoms with Crippen molar-refractivity contribution >= 4 is 5.91 Å². The number of carbonyl (C=O) groups excluding carboxylic acids is 1. The van der Waals surface area contributed by atoms with E-state index in [1.54, 1.807) is 0 Å². The quantitative estimate of drug-likeness (QED) is 0.782. The summed E-state index contributed by atoms with van der Waals surface area (Å²) in [6, 6.07) is 8.46. The van der Waals surface area contributed by atoms with Gasteiger partial charge in [-0.1, -0.05) is 24.3 Å². The summed E-state index contributed by atoms with van der Waals surface area (Å²) >= 11 is 0. The monoisotopic (exact) mass is 290 g/mol. The summed E-state index contributed by atoms with van der Waals surface area (Å²) in [5, 5.41) is 3.36. The van der Waals surface area contributed by atoms with Gasteiger partial charge in [0.25, 0.3) is 0 Å². The topological polar surface area (TPSA) is 41.6 Å². The summed E-state index contributed by atoms with van der Waals surface area (Å²) in [4.78, 5) is 13.8. The maximum Gasteiger partial charge on any atom is 0.223 e. The van der Waals surface area contributed by atoms with Crippen LogP contribution < -0.4 is 5.32 Å². The molecule has 0 aromatic heterocycles. The fourth-order valence-electron chi connectivity index (χ4n) is 2.81. The van der Waals surface area contributed by atoms with Crippen molar-refractivity contribution in [3.63, 3.8) is 0 Å². The molecule has 4 nitrogen and oxygen atoms in total. The van der Waals surface area contributed by atoms with Crippen molar-refractivity contribution in [2.45, 2.75) is 32.8 Å². The molecule has 4 heteroatoms. The van der Waals surface area contributed by atoms with E-state index in [1.165, 1.54) is 11.1 Å². The van der Waals surface area contributed by atoms with Crippen LogP contribution in [0, 0.1) is 0 Å². The largest absolute Gasteiger partial charge is 0.372 e. The molecule has 21 heavy (non-hydrogen) atoms. The van der Waals surface area contributed by atoms with Crippen molar-refractivity contribution in [1.29, 1.82) is 0 Å². The van der Waals surface area contributed by atoms with Gasteiger partial charge in [-0.25, -0.2) is 0 Å². The van der Waals surface area contributed by atoms with E-state index < -0.39 is 0 Å². The van der Waals surface area contributed by atoms with Crippen LogP contribution in [-0.2, 0) is 16.0 Å². The number of hydrogen-bond acceptors (Lipinski definition) is 3. The second-order valence-corrected chi connectivity index (χ2v) is 5.33. The van der Waals surface area contributed by atoms with Crippen molar-refractivity contribution in [2.75, 3.05) is 32.8 Å². The predicted octanol–water partition coefficient (Wildman–Crippen LogP) is 2.15. The third-order valence-electron chi connectivity index (χ3n) is 4.05. The first-order chi connectivity index (χ1) is 10.3. The molecule has 1 aromatic carbocycles. The smallest absolute Gasteiger partial charge is 0.223 e. The molecule has 1 N–H and O–H groups in total. The number of ether oxygens (including phenoxy) is 1. The zero-order valence-corrected chi connectivity index (χ0v) is 13.1. The van der Waals surface area contributed by atoms with Crippen LogP contribution in [0.4, 0.5) is 0 Å². The third kappa shape index (κ3) is 4.29. The Morgan fingerprint density at radius 1 is 1.33 bits per heavy atom. The number of hydrogen-bond donors (Lipinski definition) is 1. The number of amides is 1. The molecule has 1 atom stereocenters. The lowest BCUT2D eigenvalue weighted by atomic mass is 9.97. The summed E-state index contributed by atoms with van der Waals surface area (Å²) in [6.45, 7) is 7.85. The van der Waals surface area contributed by atoms with E-state index in [4.69, 9.17) is 4.74 Å². The number of carbonyl (C=O) groups is 1. The first kappa shape index (κ1) is 16.0. The lowest BCUT2D eigenvalue weighted by Crippen LogP contribution is -2.34. The SMILES string of the molecule is CCN(CC)C(=O)CCNCC1OCCc2ccccc21. The van der Waals surface area contributed by atoms with Gasteiger partial charge in [-0.15, -0.1) is 0 Å². The van der Waals surface area contributed by atoms with E-state index in [9.17, 15) is 4.79 Å². The molecule has 1 amide bonds. The van der Waals surface area contributed by atoms with Crippen molar-refractivity contribution in [3.05, 3.63) is 35.4 Å². The molecule has 1 heterocycles. The van der Waals surface area contributed by atoms with Gasteiger partial charge in [0.2, 0.25) is 5.91 Å². The summed E-state index contributed by atoms with van der Waals surface area (Å²) < 4.78 is 5.84. The molecule has 0 fully saturated rings. The lowest BCUT2D eigenvalue weighted by molar-refractivity contribution is -0.130. The average molecular weight is 290 g/mol. The van der Waals surface area contributed by atoms with Crippen LogP contribution in [0.1, 0.15) is 37.5 Å². The van der Waals surface area contributed by atoms with E-state index in [-0.39, 0.29) is 12.0 Å². The fraction of sp³-hybridized carbons (Fsp3) is 0.588. The van der Waals surface area contributed by atoms with Gasteiger partial charge in [-0.3, -0.25) is 4.79 Å². The Morgan fingerprint density at radius 2 is 2.10 bits per heavy atom. The minimum Gasteiger partial charge on any atom is -0.372 e. The standard InChI is InChI=1S/C17H26N2O2/c1-3-19(4-2)17(20)9-11-18-13-16-15-8-6-5-7-14(15)10-12-21-16/h5-8,16,18H,3-4,9-13H2,1-2H3. The van der Waals surface area contributed by atoms with Crippen LogP contribution >= 0.6 is 0 Å². The van der Waals surface area contributed by atoms with Crippen molar-refractivity contribution in [2.24, 2.45) is 0 Å². The van der Waals surface area contributed by atoms with E-state index in [1.807, 2.05) is 18.7 Å². The van der Waals surface area contributed by atoms with Crippen LogP contribution in [0.25, 0.3) is 0 Å². The molecule has 1 aliphatic rings. The van der Waals surface area contributed by atoms with Gasteiger partial charge in [0.05, 0.1) is 12.7 Å². The van der Waals surface area contributed by atoms with E-state index >= 15 is 0 Å². The van der Waals surface area contributed by atoms with Crippen LogP contribution in [0.2, 0.25) is 0 Å². The highest BCUT2D eigenvalue weighted by molar-refractivity contribution is 5.76. The molecule has 1 aromatic rings. The van der Waals surface area contributed by atoms with Gasteiger partial charge < -0.3 is 15.0 Å². The minimum absolute atomic E-state index is 0.110. The second-order valence-electron chi connectivity index (χ2n) is 5.33. The van der Waals surface area contributed by atoms with Crippen molar-refractivity contribution in [3.8, 4) is 0 Å². The first-order valence-corrected chi connectivity index (χ1v) is 7.94. The van der Waals surface area contributed by atoms with Gasteiger partial charge in [0, 0.05) is 32.6 Å². The van der Waals surface area contributed by atoms with Gasteiger partial charge in [0.1, 0.15) is 0 Å². The average Bonchev–Trinajstić information content (AvgIpc) is 2.53. The second kappa shape index (κ2) is 8.15. The molecule has 2 rings (SSSR count). The summed E-state index contributed by atoms with van der Waals surface area (Å²) in [7, 11) is 0. The first-order valence-electron chi connectivity index (χ1n) is 7.94. The zero-order chi connectivity index (χ0) is 15.1. The lowest BCUT2D eigenvalue weighted by Gasteiger charge is -2.26. The number of nitrogens with one attached hydrogen (secondary N) is 1. The summed E-state index contributed by atoms with van der Waals surface area (Å²) in [6.07, 6.45) is 1.65. The molecular weight excluding hydrogens is 264 g/mol. The number of nitrogens with zero attached hydrogens (tertiary/aromatic N) is 1. The number of fused-ring (bicyclic) bond motifs is 1. The summed E-state index contributed by atoms with van der Waals surface area (Å²) in [5.74, 6) is 0.220.